The van der Waals surface area contributed by atoms with Gasteiger partial charge in [0.15, 0.2) is 15.6 Å². The van der Waals surface area contributed by atoms with Crippen LogP contribution in [0.5, 0.6) is 0 Å². The van der Waals surface area contributed by atoms with Gasteiger partial charge >= 0.3 is 6.18 Å². The van der Waals surface area contributed by atoms with Crippen molar-refractivity contribution in [3.8, 4) is 0 Å². The molecule has 1 saturated heterocycles. The molecule has 2 amide bonds. The summed E-state index contributed by atoms with van der Waals surface area (Å²) in [5, 5.41) is 0.951. The summed E-state index contributed by atoms with van der Waals surface area (Å²) in [5.41, 5.74) is -3.15. The van der Waals surface area contributed by atoms with Crippen LogP contribution >= 0.6 is 11.6 Å². The van der Waals surface area contributed by atoms with Crippen molar-refractivity contribution < 1.29 is 45.2 Å². The highest BCUT2D eigenvalue weighted by Crippen LogP contribution is 2.51. The first kappa shape index (κ1) is 34.0. The van der Waals surface area contributed by atoms with Crippen LogP contribution in [0.25, 0.3) is 0 Å². The zero-order valence-corrected chi connectivity index (χ0v) is 26.4. The van der Waals surface area contributed by atoms with Crippen LogP contribution < -0.4 is 5.32 Å². The Labute approximate surface area is 268 Å². The summed E-state index contributed by atoms with van der Waals surface area (Å²) in [5.74, 6) is -5.10. The van der Waals surface area contributed by atoms with Gasteiger partial charge in [0.05, 0.1) is 37.9 Å². The van der Waals surface area contributed by atoms with Crippen molar-refractivity contribution in [3.63, 3.8) is 0 Å². The Morgan fingerprint density at radius 3 is 2.41 bits per heavy atom. The number of ketones is 2. The predicted molar refractivity (Wildman–Crippen MR) is 157 cm³/mol. The summed E-state index contributed by atoms with van der Waals surface area (Å²) in [6.45, 7) is 1.11. The third-order valence-electron chi connectivity index (χ3n) is 8.85. The van der Waals surface area contributed by atoms with Crippen LogP contribution in [0.1, 0.15) is 69.5 Å². The molecule has 2 aromatic rings. The lowest BCUT2D eigenvalue weighted by Crippen LogP contribution is -2.47. The summed E-state index contributed by atoms with van der Waals surface area (Å²) in [6.07, 6.45) is -2.59. The van der Waals surface area contributed by atoms with E-state index in [4.69, 9.17) is 11.6 Å². The summed E-state index contributed by atoms with van der Waals surface area (Å²) in [6, 6.07) is 3.05. The van der Waals surface area contributed by atoms with Gasteiger partial charge in [0.25, 0.3) is 5.91 Å². The highest BCUT2D eigenvalue weighted by molar-refractivity contribution is 7.92. The maximum absolute atomic E-state index is 15.0. The highest BCUT2D eigenvalue weighted by Gasteiger charge is 2.59. The second-order valence-electron chi connectivity index (χ2n) is 12.2. The number of sulfone groups is 1. The summed E-state index contributed by atoms with van der Waals surface area (Å²) < 4.78 is 84.0. The largest absolute Gasteiger partial charge is 0.417 e. The van der Waals surface area contributed by atoms with E-state index in [9.17, 15) is 45.2 Å². The monoisotopic (exact) mass is 685 g/mol. The predicted octanol–water partition coefficient (Wildman–Crippen LogP) is 4.59. The molecular formula is C31H32ClF4N3O6S. The minimum absolute atomic E-state index is 0.0226. The Balaban J connectivity index is 1.49. The van der Waals surface area contributed by atoms with Gasteiger partial charge in [-0.2, -0.15) is 13.2 Å². The number of halogens is 5. The third-order valence-corrected chi connectivity index (χ3v) is 11.2. The molecule has 46 heavy (non-hydrogen) atoms. The average Bonchev–Trinajstić information content (AvgIpc) is 3.93. The standard InChI is InChI=1S/C31H32ClF4N3O6S/c1-2-5-17(26(41)28(42)38-19-8-9-19)12-24(40)23-14-20(46(44,45)25-7-4-3-6-21(25)31(34,35)36)16-39(23)29(43)30(10-11-30)27-22(33)13-18(32)15-37-27/h3-4,6-7,13,15,17,19-20,23H,2,5,8-12,14,16H2,1H3,(H,38,42)/t17-,20-,23+/m1/s1. The van der Waals surface area contributed by atoms with E-state index in [0.29, 0.717) is 12.5 Å². The first-order chi connectivity index (χ1) is 21.6. The van der Waals surface area contributed by atoms with Gasteiger partial charge in [-0.25, -0.2) is 12.8 Å². The molecule has 0 spiro atoms. The zero-order chi connectivity index (χ0) is 33.6. The smallest absolute Gasteiger partial charge is 0.347 e. The van der Waals surface area contributed by atoms with Crippen LogP contribution in [0.15, 0.2) is 41.4 Å². The molecule has 9 nitrogen and oxygen atoms in total. The molecule has 0 bridgehead atoms. The quantitative estimate of drug-likeness (QED) is 0.256. The van der Waals surface area contributed by atoms with Gasteiger partial charge in [0.2, 0.25) is 11.7 Å². The molecule has 3 aliphatic rings. The molecular weight excluding hydrogens is 654 g/mol. The van der Waals surface area contributed by atoms with Gasteiger partial charge in [0, 0.05) is 31.1 Å². The molecule has 0 unspecified atom stereocenters. The lowest BCUT2D eigenvalue weighted by atomic mass is 9.89. The first-order valence-electron chi connectivity index (χ1n) is 15.0. The maximum atomic E-state index is 15.0. The van der Waals surface area contributed by atoms with Gasteiger partial charge < -0.3 is 10.2 Å². The van der Waals surface area contributed by atoms with Gasteiger partial charge in [0.1, 0.15) is 5.82 Å². The van der Waals surface area contributed by atoms with E-state index in [0.717, 1.165) is 48.2 Å². The molecule has 1 aromatic heterocycles. The number of hydrogen-bond acceptors (Lipinski definition) is 7. The van der Waals surface area contributed by atoms with E-state index in [1.54, 1.807) is 6.92 Å². The van der Waals surface area contributed by atoms with Crippen molar-refractivity contribution in [2.45, 2.75) is 92.1 Å². The minimum atomic E-state index is -5.00. The molecule has 0 radical (unpaired) electrons. The molecule has 1 aliphatic heterocycles. The van der Waals surface area contributed by atoms with Crippen LogP contribution in [0.2, 0.25) is 5.02 Å². The fraction of sp³-hybridized carbons (Fsp3) is 0.516. The Morgan fingerprint density at radius 1 is 1.15 bits per heavy atom. The van der Waals surface area contributed by atoms with E-state index in [2.05, 4.69) is 10.3 Å². The van der Waals surface area contributed by atoms with E-state index in [-0.39, 0.29) is 36.0 Å². The summed E-state index contributed by atoms with van der Waals surface area (Å²) in [4.78, 5) is 57.5. The Morgan fingerprint density at radius 2 is 1.83 bits per heavy atom. The SMILES string of the molecule is CCC[C@H](CC(=O)[C@@H]1C[C@@H](S(=O)(=O)c2ccccc2C(F)(F)F)CN1C(=O)C1(c2ncc(Cl)cc2F)CC1)C(=O)C(=O)NC1CC1. The summed E-state index contributed by atoms with van der Waals surface area (Å²) in [7, 11) is -4.77. The molecule has 1 N–H and O–H groups in total. The van der Waals surface area contributed by atoms with Gasteiger partial charge in [-0.15, -0.1) is 0 Å². The number of amides is 2. The zero-order valence-electron chi connectivity index (χ0n) is 24.8. The van der Waals surface area contributed by atoms with E-state index < -0.39 is 97.7 Å². The lowest BCUT2D eigenvalue weighted by molar-refractivity contribution is -0.143. The Kier molecular flexibility index (Phi) is 9.35. The second kappa shape index (κ2) is 12.7. The molecule has 15 heteroatoms. The number of Topliss-reactive ketones (excluding diaryl/α,β-unsaturated/α-hetero) is 2. The number of nitrogens with zero attached hydrogens (tertiary/aromatic N) is 2. The van der Waals surface area contributed by atoms with Crippen LogP contribution in [0.3, 0.4) is 0 Å². The third kappa shape index (κ3) is 6.69. The van der Waals surface area contributed by atoms with E-state index in [1.807, 2.05) is 0 Å². The second-order valence-corrected chi connectivity index (χ2v) is 14.8. The van der Waals surface area contributed by atoms with Crippen LogP contribution in [0.4, 0.5) is 17.6 Å². The molecule has 2 aliphatic carbocycles. The average molecular weight is 686 g/mol. The number of carbonyl (C=O) groups excluding carboxylic acids is 4. The molecule has 2 saturated carbocycles. The van der Waals surface area contributed by atoms with Crippen molar-refractivity contribution in [1.82, 2.24) is 15.2 Å². The fourth-order valence-corrected chi connectivity index (χ4v) is 8.18. The number of carbonyl (C=O) groups is 4. The lowest BCUT2D eigenvalue weighted by Gasteiger charge is -2.29. The topological polar surface area (TPSA) is 131 Å². The molecule has 248 valence electrons. The van der Waals surface area contributed by atoms with Crippen molar-refractivity contribution >= 4 is 44.8 Å². The normalized spacial score (nSPS) is 21.5. The maximum Gasteiger partial charge on any atom is 0.417 e. The number of hydrogen-bond donors (Lipinski definition) is 1. The number of alkyl halides is 3. The highest BCUT2D eigenvalue weighted by atomic mass is 35.5. The first-order valence-corrected chi connectivity index (χ1v) is 16.9. The number of nitrogens with one attached hydrogen (secondary N) is 1. The van der Waals surface area contributed by atoms with Crippen LogP contribution in [-0.2, 0) is 40.6 Å². The van der Waals surface area contributed by atoms with Gasteiger partial charge in [-0.3, -0.25) is 24.2 Å². The van der Waals surface area contributed by atoms with Crippen LogP contribution in [0, 0.1) is 11.7 Å². The Bertz CT molecular complexity index is 1680. The van der Waals surface area contributed by atoms with E-state index in [1.165, 1.54) is 0 Å². The van der Waals surface area contributed by atoms with Crippen LogP contribution in [-0.4, -0.2) is 65.6 Å². The van der Waals surface area contributed by atoms with Crippen molar-refractivity contribution in [2.24, 2.45) is 5.92 Å². The van der Waals surface area contributed by atoms with E-state index >= 15 is 0 Å². The molecule has 2 heterocycles. The van der Waals surface area contributed by atoms with Crippen molar-refractivity contribution in [1.29, 1.82) is 0 Å². The van der Waals surface area contributed by atoms with Crippen molar-refractivity contribution in [2.75, 3.05) is 6.54 Å². The molecule has 3 atom stereocenters. The molecule has 3 fully saturated rings. The summed E-state index contributed by atoms with van der Waals surface area (Å²) >= 11 is 5.84. The fourth-order valence-electron chi connectivity index (χ4n) is 6.12. The number of pyridine rings is 1. The molecule has 1 aromatic carbocycles. The minimum Gasteiger partial charge on any atom is -0.347 e. The number of benzene rings is 1. The molecule has 5 rings (SSSR count). The Hall–Kier alpha value is -3.39. The van der Waals surface area contributed by atoms with Gasteiger partial charge in [-0.05, 0) is 56.7 Å². The number of rotatable bonds is 12. The number of likely N-dealkylation sites (tertiary alicyclic amines) is 1. The van der Waals surface area contributed by atoms with Crippen molar-refractivity contribution in [3.05, 3.63) is 58.6 Å². The van der Waals surface area contributed by atoms with Gasteiger partial charge in [-0.1, -0.05) is 37.1 Å². The number of aromatic nitrogens is 1.